The first-order valence-corrected chi connectivity index (χ1v) is 9.75. The highest BCUT2D eigenvalue weighted by atomic mass is 16.4. The van der Waals surface area contributed by atoms with Crippen molar-refractivity contribution in [1.29, 1.82) is 0 Å². The minimum atomic E-state index is -1.09. The summed E-state index contributed by atoms with van der Waals surface area (Å²) in [5, 5.41) is 12.1. The summed E-state index contributed by atoms with van der Waals surface area (Å²) in [5.41, 5.74) is 6.30. The van der Waals surface area contributed by atoms with Gasteiger partial charge in [-0.2, -0.15) is 0 Å². The Morgan fingerprint density at radius 1 is 1.10 bits per heavy atom. The van der Waals surface area contributed by atoms with E-state index in [9.17, 15) is 14.7 Å². The summed E-state index contributed by atoms with van der Waals surface area (Å²) in [6, 6.07) is 15.1. The maximum absolute atomic E-state index is 11.7. The van der Waals surface area contributed by atoms with Crippen molar-refractivity contribution in [2.45, 2.75) is 25.7 Å². The lowest BCUT2D eigenvalue weighted by atomic mass is 9.71. The highest BCUT2D eigenvalue weighted by Crippen LogP contribution is 2.43. The van der Waals surface area contributed by atoms with Crippen LogP contribution in [-0.2, 0) is 10.2 Å². The van der Waals surface area contributed by atoms with Crippen LogP contribution < -0.4 is 5.32 Å². The van der Waals surface area contributed by atoms with E-state index in [1.165, 1.54) is 11.6 Å². The number of amides is 1. The quantitative estimate of drug-likeness (QED) is 0.584. The smallest absolute Gasteiger partial charge is 0.337 e. The zero-order valence-corrected chi connectivity index (χ0v) is 16.8. The number of carbonyl (C=O) groups is 2. The summed E-state index contributed by atoms with van der Waals surface area (Å²) in [6.07, 6.45) is 7.26. The highest BCUT2D eigenvalue weighted by molar-refractivity contribution is 6.02. The maximum atomic E-state index is 11.7. The number of rotatable bonds is 5. The van der Waals surface area contributed by atoms with Crippen LogP contribution in [0.15, 0.2) is 67.0 Å². The van der Waals surface area contributed by atoms with Gasteiger partial charge in [-0.05, 0) is 52.3 Å². The molecular formula is C25H22N2O3. The molecule has 2 N–H and O–H groups in total. The van der Waals surface area contributed by atoms with Crippen molar-refractivity contribution < 1.29 is 14.7 Å². The molecule has 0 aliphatic heterocycles. The van der Waals surface area contributed by atoms with Gasteiger partial charge in [-0.1, -0.05) is 50.3 Å². The number of carbonyl (C=O) groups excluding carboxylic acids is 1. The molecule has 1 heterocycles. The number of carboxylic acid groups (broad SMARTS) is 1. The number of pyridine rings is 1. The van der Waals surface area contributed by atoms with Crippen LogP contribution in [0.2, 0.25) is 0 Å². The Balaban J connectivity index is 1.93. The fraction of sp³-hybridized carbons (Fsp3) is 0.160. The second-order valence-electron chi connectivity index (χ2n) is 8.00. The van der Waals surface area contributed by atoms with E-state index in [1.807, 2.05) is 30.5 Å². The second-order valence-corrected chi connectivity index (χ2v) is 8.00. The summed E-state index contributed by atoms with van der Waals surface area (Å²) in [6.45, 7) is 4.43. The number of allylic oxidation sites excluding steroid dienone is 1. The zero-order chi connectivity index (χ0) is 21.3. The number of fused-ring (bicyclic) bond motifs is 1. The molecule has 1 aromatic heterocycles. The number of aromatic carboxylic acids is 1. The molecule has 0 saturated heterocycles. The minimum absolute atomic E-state index is 0.0215. The average molecular weight is 398 g/mol. The Labute approximate surface area is 175 Å². The monoisotopic (exact) mass is 398 g/mol. The standard InChI is InChI=1S/C25H22N2O3/c1-25(2)11-10-18(17-5-4-12-26-14-17)21-13-16(8-9-22(21)25)19-6-3-7-20(24(29)30)23(19)27-15-28/h3-10,12-15H,11H2,1-2H3,(H,27,28)(H,29,30). The van der Waals surface area contributed by atoms with Gasteiger partial charge in [-0.25, -0.2) is 4.79 Å². The van der Waals surface area contributed by atoms with Crippen LogP contribution in [0.5, 0.6) is 0 Å². The van der Waals surface area contributed by atoms with E-state index in [2.05, 4.69) is 42.4 Å². The fourth-order valence-corrected chi connectivity index (χ4v) is 4.08. The van der Waals surface area contributed by atoms with E-state index in [0.717, 1.165) is 28.7 Å². The number of nitrogens with zero attached hydrogens (tertiary/aromatic N) is 1. The first-order valence-electron chi connectivity index (χ1n) is 9.75. The fourth-order valence-electron chi connectivity index (χ4n) is 4.08. The van der Waals surface area contributed by atoms with Gasteiger partial charge in [0.1, 0.15) is 0 Å². The van der Waals surface area contributed by atoms with Crippen molar-refractivity contribution in [2.75, 3.05) is 5.32 Å². The molecule has 1 aliphatic carbocycles. The summed E-state index contributed by atoms with van der Waals surface area (Å²) < 4.78 is 0. The molecule has 3 aromatic rings. The van der Waals surface area contributed by atoms with Gasteiger partial charge in [0.15, 0.2) is 0 Å². The molecule has 1 amide bonds. The summed E-state index contributed by atoms with van der Waals surface area (Å²) in [4.78, 5) is 27.1. The van der Waals surface area contributed by atoms with Crippen LogP contribution in [0.3, 0.4) is 0 Å². The number of hydrogen-bond donors (Lipinski definition) is 2. The van der Waals surface area contributed by atoms with E-state index >= 15 is 0 Å². The number of hydrogen-bond acceptors (Lipinski definition) is 3. The molecule has 0 unspecified atom stereocenters. The predicted molar refractivity (Wildman–Crippen MR) is 117 cm³/mol. The van der Waals surface area contributed by atoms with Crippen LogP contribution in [0.25, 0.3) is 16.7 Å². The number of carboxylic acids is 1. The van der Waals surface area contributed by atoms with Crippen LogP contribution in [-0.4, -0.2) is 22.5 Å². The van der Waals surface area contributed by atoms with E-state index in [-0.39, 0.29) is 11.0 Å². The second kappa shape index (κ2) is 7.59. The van der Waals surface area contributed by atoms with E-state index in [1.54, 1.807) is 12.3 Å². The average Bonchev–Trinajstić information content (AvgIpc) is 2.74. The number of benzene rings is 2. The van der Waals surface area contributed by atoms with E-state index in [4.69, 9.17) is 0 Å². The molecule has 4 rings (SSSR count). The molecule has 30 heavy (non-hydrogen) atoms. The molecule has 1 aliphatic rings. The third kappa shape index (κ3) is 3.39. The summed E-state index contributed by atoms with van der Waals surface area (Å²) in [5.74, 6) is -1.09. The van der Waals surface area contributed by atoms with Gasteiger partial charge in [-0.3, -0.25) is 9.78 Å². The molecule has 5 nitrogen and oxygen atoms in total. The Bertz CT molecular complexity index is 1160. The lowest BCUT2D eigenvalue weighted by Gasteiger charge is -2.32. The van der Waals surface area contributed by atoms with Crippen molar-refractivity contribution in [2.24, 2.45) is 0 Å². The third-order valence-corrected chi connectivity index (χ3v) is 5.64. The normalized spacial score (nSPS) is 14.4. The summed E-state index contributed by atoms with van der Waals surface area (Å²) in [7, 11) is 0. The molecule has 0 spiro atoms. The van der Waals surface area contributed by atoms with Gasteiger partial charge in [-0.15, -0.1) is 0 Å². The van der Waals surface area contributed by atoms with Gasteiger partial charge in [0.25, 0.3) is 0 Å². The van der Waals surface area contributed by atoms with Gasteiger partial charge in [0.05, 0.1) is 11.3 Å². The van der Waals surface area contributed by atoms with Crippen molar-refractivity contribution in [3.05, 3.63) is 89.3 Å². The molecule has 0 bridgehead atoms. The SMILES string of the molecule is CC1(C)CC=C(c2cccnc2)c2cc(-c3cccc(C(=O)O)c3NC=O)ccc21. The maximum Gasteiger partial charge on any atom is 0.337 e. The number of nitrogens with one attached hydrogen (secondary N) is 1. The number of para-hydroxylation sites is 1. The molecule has 0 saturated carbocycles. The van der Waals surface area contributed by atoms with Crippen molar-refractivity contribution in [3.8, 4) is 11.1 Å². The van der Waals surface area contributed by atoms with Gasteiger partial charge < -0.3 is 10.4 Å². The molecular weight excluding hydrogens is 376 g/mol. The third-order valence-electron chi connectivity index (χ3n) is 5.64. The topological polar surface area (TPSA) is 79.3 Å². The molecule has 2 aromatic carbocycles. The Morgan fingerprint density at radius 2 is 1.93 bits per heavy atom. The zero-order valence-electron chi connectivity index (χ0n) is 16.8. The van der Waals surface area contributed by atoms with Crippen LogP contribution in [0, 0.1) is 0 Å². The van der Waals surface area contributed by atoms with Gasteiger partial charge in [0.2, 0.25) is 6.41 Å². The molecule has 0 atom stereocenters. The van der Waals surface area contributed by atoms with Gasteiger partial charge >= 0.3 is 5.97 Å². The van der Waals surface area contributed by atoms with E-state index in [0.29, 0.717) is 17.7 Å². The molecule has 150 valence electrons. The van der Waals surface area contributed by atoms with Crippen LogP contribution >= 0.6 is 0 Å². The Kier molecular flexibility index (Phi) is 4.96. The lowest BCUT2D eigenvalue weighted by Crippen LogP contribution is -2.22. The molecule has 5 heteroatoms. The minimum Gasteiger partial charge on any atom is -0.478 e. The number of aromatic nitrogens is 1. The Morgan fingerprint density at radius 3 is 2.63 bits per heavy atom. The Hall–Kier alpha value is -3.73. The molecule has 0 fully saturated rings. The number of anilines is 1. The summed E-state index contributed by atoms with van der Waals surface area (Å²) >= 11 is 0. The van der Waals surface area contributed by atoms with Crippen molar-refractivity contribution >= 4 is 23.6 Å². The van der Waals surface area contributed by atoms with Crippen LogP contribution in [0.4, 0.5) is 5.69 Å². The largest absolute Gasteiger partial charge is 0.478 e. The van der Waals surface area contributed by atoms with Crippen molar-refractivity contribution in [3.63, 3.8) is 0 Å². The predicted octanol–water partition coefficient (Wildman–Crippen LogP) is 5.13. The van der Waals surface area contributed by atoms with Crippen molar-refractivity contribution in [1.82, 2.24) is 4.98 Å². The highest BCUT2D eigenvalue weighted by Gasteiger charge is 2.29. The molecule has 0 radical (unpaired) electrons. The first-order chi connectivity index (χ1) is 14.4. The lowest BCUT2D eigenvalue weighted by molar-refractivity contribution is -0.105. The van der Waals surface area contributed by atoms with Gasteiger partial charge in [0, 0.05) is 23.5 Å². The first kappa shape index (κ1) is 19.6. The van der Waals surface area contributed by atoms with E-state index < -0.39 is 5.97 Å². The van der Waals surface area contributed by atoms with Crippen LogP contribution in [0.1, 0.15) is 47.3 Å².